The lowest BCUT2D eigenvalue weighted by Gasteiger charge is -2.49. The normalized spacial score (nSPS) is 27.3. The Morgan fingerprint density at radius 2 is 1.52 bits per heavy atom. The monoisotopic (exact) mass is 292 g/mol. The van der Waals surface area contributed by atoms with Crippen LogP contribution in [0, 0.1) is 13.8 Å². The fraction of sp³-hybridized carbons (Fsp3) is 0.588. The quantitative estimate of drug-likeness (QED) is 0.851. The third-order valence-electron chi connectivity index (χ3n) is 4.27. The summed E-state index contributed by atoms with van der Waals surface area (Å²) in [6.45, 7) is 11.1. The second kappa shape index (κ2) is 4.82. The van der Waals surface area contributed by atoms with Crippen LogP contribution in [0.3, 0.4) is 0 Å². The van der Waals surface area contributed by atoms with Crippen LogP contribution in [0.4, 0.5) is 0 Å². The summed E-state index contributed by atoms with van der Waals surface area (Å²) in [7, 11) is 0. The molecule has 1 aliphatic heterocycles. The number of hydrogen-bond donors (Lipinski definition) is 1. The van der Waals surface area contributed by atoms with Crippen molar-refractivity contribution in [2.75, 3.05) is 0 Å². The number of carbonyl (C=O) groups excluding carboxylic acids is 1. The van der Waals surface area contributed by atoms with Crippen LogP contribution in [0.5, 0.6) is 0 Å². The lowest BCUT2D eigenvalue weighted by atomic mass is 9.86. The molecule has 0 aromatic heterocycles. The first-order valence-corrected chi connectivity index (χ1v) is 7.18. The van der Waals surface area contributed by atoms with Crippen LogP contribution in [-0.2, 0) is 20.7 Å². The maximum atomic E-state index is 12.2. The van der Waals surface area contributed by atoms with Crippen molar-refractivity contribution in [2.24, 2.45) is 0 Å². The summed E-state index contributed by atoms with van der Waals surface area (Å²) in [4.78, 5) is 12.2. The summed E-state index contributed by atoms with van der Waals surface area (Å²) in [6, 6.07) is 5.92. The van der Waals surface area contributed by atoms with E-state index in [4.69, 9.17) is 9.47 Å². The number of aryl methyl sites for hydroxylation is 2. The van der Waals surface area contributed by atoms with Gasteiger partial charge in [0.25, 0.3) is 5.79 Å². The van der Waals surface area contributed by atoms with E-state index in [0.29, 0.717) is 0 Å². The van der Waals surface area contributed by atoms with Crippen LogP contribution in [0.1, 0.15) is 44.4 Å². The number of cyclic esters (lactones) is 1. The Hall–Kier alpha value is -1.39. The van der Waals surface area contributed by atoms with Gasteiger partial charge in [0.1, 0.15) is 11.2 Å². The van der Waals surface area contributed by atoms with Crippen LogP contribution in [0.15, 0.2) is 18.2 Å². The zero-order chi connectivity index (χ0) is 16.1. The fourth-order valence-corrected chi connectivity index (χ4v) is 2.58. The standard InChI is InChI=1S/C17H24O4/c1-11-7-12(2)9-13(8-11)10-17(19)14(18)20-15(3,4)16(5,6)21-17/h7-9,19H,10H2,1-6H3. The first kappa shape index (κ1) is 16.0. The lowest BCUT2D eigenvalue weighted by Crippen LogP contribution is -2.65. The number of rotatable bonds is 2. The van der Waals surface area contributed by atoms with Gasteiger partial charge in [-0.05, 0) is 47.1 Å². The highest BCUT2D eigenvalue weighted by Gasteiger charge is 2.57. The van der Waals surface area contributed by atoms with Crippen molar-refractivity contribution >= 4 is 5.97 Å². The minimum atomic E-state index is -1.95. The second-order valence-corrected chi connectivity index (χ2v) is 6.97. The highest BCUT2D eigenvalue weighted by Crippen LogP contribution is 2.39. The Morgan fingerprint density at radius 3 is 2.05 bits per heavy atom. The summed E-state index contributed by atoms with van der Waals surface area (Å²) >= 11 is 0. The fourth-order valence-electron chi connectivity index (χ4n) is 2.58. The Balaban J connectivity index is 2.32. The molecule has 0 bridgehead atoms. The number of aliphatic hydroxyl groups is 1. The highest BCUT2D eigenvalue weighted by molar-refractivity contribution is 5.79. The van der Waals surface area contributed by atoms with Gasteiger partial charge in [0.05, 0.1) is 0 Å². The number of esters is 1. The van der Waals surface area contributed by atoms with Crippen LogP contribution < -0.4 is 0 Å². The molecule has 1 unspecified atom stereocenters. The minimum absolute atomic E-state index is 0.0772. The third-order valence-corrected chi connectivity index (χ3v) is 4.27. The molecular formula is C17H24O4. The van der Waals surface area contributed by atoms with Gasteiger partial charge < -0.3 is 14.6 Å². The Kier molecular flexibility index (Phi) is 3.67. The van der Waals surface area contributed by atoms with Crippen LogP contribution in [-0.4, -0.2) is 28.1 Å². The molecule has 0 spiro atoms. The van der Waals surface area contributed by atoms with E-state index in [1.807, 2.05) is 45.9 Å². The molecule has 0 radical (unpaired) electrons. The molecule has 1 saturated heterocycles. The molecule has 2 rings (SSSR count). The number of hydrogen-bond acceptors (Lipinski definition) is 4. The molecule has 4 heteroatoms. The molecule has 21 heavy (non-hydrogen) atoms. The Labute approximate surface area is 126 Å². The van der Waals surface area contributed by atoms with Gasteiger partial charge in [0.15, 0.2) is 0 Å². The lowest BCUT2D eigenvalue weighted by molar-refractivity contribution is -0.332. The maximum Gasteiger partial charge on any atom is 0.367 e. The van der Waals surface area contributed by atoms with Crippen molar-refractivity contribution in [2.45, 2.75) is 65.0 Å². The topological polar surface area (TPSA) is 55.8 Å². The summed E-state index contributed by atoms with van der Waals surface area (Å²) < 4.78 is 11.2. The molecule has 0 aliphatic carbocycles. The molecule has 1 atom stereocenters. The molecule has 4 nitrogen and oxygen atoms in total. The van der Waals surface area contributed by atoms with Crippen molar-refractivity contribution in [3.8, 4) is 0 Å². The summed E-state index contributed by atoms with van der Waals surface area (Å²) in [5.74, 6) is -2.68. The van der Waals surface area contributed by atoms with Crippen molar-refractivity contribution in [1.29, 1.82) is 0 Å². The van der Waals surface area contributed by atoms with E-state index < -0.39 is 23.0 Å². The van der Waals surface area contributed by atoms with Crippen LogP contribution in [0.2, 0.25) is 0 Å². The van der Waals surface area contributed by atoms with E-state index in [2.05, 4.69) is 0 Å². The molecule has 1 heterocycles. The zero-order valence-electron chi connectivity index (χ0n) is 13.6. The van der Waals surface area contributed by atoms with Crippen LogP contribution >= 0.6 is 0 Å². The summed E-state index contributed by atoms with van der Waals surface area (Å²) in [5, 5.41) is 10.6. The van der Waals surface area contributed by atoms with E-state index in [9.17, 15) is 9.90 Å². The molecule has 0 saturated carbocycles. The highest BCUT2D eigenvalue weighted by atomic mass is 16.7. The second-order valence-electron chi connectivity index (χ2n) is 6.97. The first-order valence-electron chi connectivity index (χ1n) is 7.18. The van der Waals surface area contributed by atoms with Gasteiger partial charge in [-0.25, -0.2) is 4.79 Å². The van der Waals surface area contributed by atoms with E-state index in [0.717, 1.165) is 16.7 Å². The molecule has 0 amide bonds. The molecule has 116 valence electrons. The number of carbonyl (C=O) groups is 1. The van der Waals surface area contributed by atoms with E-state index in [-0.39, 0.29) is 6.42 Å². The van der Waals surface area contributed by atoms with Gasteiger partial charge in [-0.2, -0.15) is 0 Å². The molecule has 1 N–H and O–H groups in total. The molecule has 1 aromatic carbocycles. The van der Waals surface area contributed by atoms with E-state index >= 15 is 0 Å². The van der Waals surface area contributed by atoms with E-state index in [1.165, 1.54) is 0 Å². The van der Waals surface area contributed by atoms with Gasteiger partial charge in [0.2, 0.25) is 0 Å². The van der Waals surface area contributed by atoms with Gasteiger partial charge in [0, 0.05) is 6.42 Å². The SMILES string of the molecule is Cc1cc(C)cc(CC2(O)OC(C)(C)C(C)(C)OC2=O)c1. The van der Waals surface area contributed by atoms with Crippen molar-refractivity contribution < 1.29 is 19.4 Å². The molecule has 1 aliphatic rings. The largest absolute Gasteiger partial charge is 0.453 e. The maximum absolute atomic E-state index is 12.2. The molecule has 1 aromatic rings. The third kappa shape index (κ3) is 2.97. The number of ether oxygens (including phenoxy) is 2. The van der Waals surface area contributed by atoms with Crippen LogP contribution in [0.25, 0.3) is 0 Å². The van der Waals surface area contributed by atoms with Gasteiger partial charge >= 0.3 is 5.97 Å². The zero-order valence-corrected chi connectivity index (χ0v) is 13.6. The summed E-state index contributed by atoms with van der Waals surface area (Å²) in [6.07, 6.45) is 0.0772. The van der Waals surface area contributed by atoms with Crippen molar-refractivity contribution in [1.82, 2.24) is 0 Å². The van der Waals surface area contributed by atoms with Crippen molar-refractivity contribution in [3.05, 3.63) is 34.9 Å². The average molecular weight is 292 g/mol. The first-order chi connectivity index (χ1) is 9.45. The predicted molar refractivity (Wildman–Crippen MR) is 79.9 cm³/mol. The summed E-state index contributed by atoms with van der Waals surface area (Å²) in [5.41, 5.74) is 1.44. The predicted octanol–water partition coefficient (Wildman–Crippen LogP) is 2.67. The van der Waals surface area contributed by atoms with Crippen molar-refractivity contribution in [3.63, 3.8) is 0 Å². The Bertz CT molecular complexity index is 554. The van der Waals surface area contributed by atoms with E-state index in [1.54, 1.807) is 13.8 Å². The Morgan fingerprint density at radius 1 is 1.00 bits per heavy atom. The van der Waals surface area contributed by atoms with Gasteiger partial charge in [-0.15, -0.1) is 0 Å². The van der Waals surface area contributed by atoms with Gasteiger partial charge in [-0.3, -0.25) is 0 Å². The number of benzene rings is 1. The average Bonchev–Trinajstić information content (AvgIpc) is 2.23. The smallest absolute Gasteiger partial charge is 0.367 e. The minimum Gasteiger partial charge on any atom is -0.453 e. The van der Waals surface area contributed by atoms with Gasteiger partial charge in [-0.1, -0.05) is 29.3 Å². The molecular weight excluding hydrogens is 268 g/mol. The molecule has 1 fully saturated rings.